The Morgan fingerprint density at radius 3 is 2.74 bits per heavy atom. The second-order valence-corrected chi connectivity index (χ2v) is 8.20. The Kier molecular flexibility index (Phi) is 6.82. The van der Waals surface area contributed by atoms with Gasteiger partial charge in [0, 0.05) is 11.9 Å². The van der Waals surface area contributed by atoms with E-state index in [1.807, 2.05) is 23.1 Å². The van der Waals surface area contributed by atoms with Crippen molar-refractivity contribution in [2.75, 3.05) is 24.6 Å². The van der Waals surface area contributed by atoms with Crippen molar-refractivity contribution in [3.63, 3.8) is 0 Å². The molecule has 1 fully saturated rings. The fraction of sp³-hybridized carbons (Fsp3) is 0.385. The number of morpholine rings is 1. The van der Waals surface area contributed by atoms with Crippen LogP contribution in [0.2, 0.25) is 0 Å². The third-order valence-corrected chi connectivity index (χ3v) is 5.93. The predicted octanol–water partition coefficient (Wildman–Crippen LogP) is 5.31. The lowest BCUT2D eigenvalue weighted by Crippen LogP contribution is -2.46. The summed E-state index contributed by atoms with van der Waals surface area (Å²) >= 11 is 0. The van der Waals surface area contributed by atoms with E-state index in [1.165, 1.54) is 31.2 Å². The number of aryl methyl sites for hydroxylation is 1. The average molecular weight is 419 g/mol. The van der Waals surface area contributed by atoms with Gasteiger partial charge in [-0.1, -0.05) is 62.6 Å². The van der Waals surface area contributed by atoms with Crippen molar-refractivity contribution in [1.29, 1.82) is 0 Å². The number of carboxylic acids is 1. The van der Waals surface area contributed by atoms with Crippen LogP contribution >= 0.6 is 0 Å². The monoisotopic (exact) mass is 418 g/mol. The summed E-state index contributed by atoms with van der Waals surface area (Å²) in [5.74, 6) is -0.127. The highest BCUT2D eigenvalue weighted by Gasteiger charge is 2.27. The molecule has 0 aliphatic carbocycles. The Labute approximate surface area is 183 Å². The van der Waals surface area contributed by atoms with E-state index < -0.39 is 12.1 Å². The van der Waals surface area contributed by atoms with Crippen LogP contribution in [-0.4, -0.2) is 41.9 Å². The fourth-order valence-corrected chi connectivity index (χ4v) is 4.20. The molecule has 0 spiro atoms. The second kappa shape index (κ2) is 9.92. The van der Waals surface area contributed by atoms with E-state index in [0.717, 1.165) is 34.3 Å². The maximum Gasteiger partial charge on any atom is 0.334 e. The van der Waals surface area contributed by atoms with E-state index >= 15 is 0 Å². The molecule has 1 saturated heterocycles. The zero-order valence-electron chi connectivity index (χ0n) is 18.1. The van der Waals surface area contributed by atoms with Gasteiger partial charge in [-0.2, -0.15) is 0 Å². The summed E-state index contributed by atoms with van der Waals surface area (Å²) in [4.78, 5) is 18.4. The summed E-state index contributed by atoms with van der Waals surface area (Å²) in [7, 11) is 0. The molecule has 2 heterocycles. The van der Waals surface area contributed by atoms with Crippen LogP contribution in [0.3, 0.4) is 0 Å². The Morgan fingerprint density at radius 1 is 1.13 bits per heavy atom. The van der Waals surface area contributed by atoms with Gasteiger partial charge in [-0.15, -0.1) is 0 Å². The summed E-state index contributed by atoms with van der Waals surface area (Å²) in [6.45, 7) is 3.55. The topological polar surface area (TPSA) is 62.7 Å². The first-order valence-corrected chi connectivity index (χ1v) is 11.2. The predicted molar refractivity (Wildman–Crippen MR) is 125 cm³/mol. The highest BCUT2D eigenvalue weighted by molar-refractivity contribution is 5.96. The number of anilines is 1. The number of carboxylic acid groups (broad SMARTS) is 1. The van der Waals surface area contributed by atoms with Crippen molar-refractivity contribution in [3.8, 4) is 11.1 Å². The van der Waals surface area contributed by atoms with E-state index in [1.54, 1.807) is 0 Å². The Bertz CT molecular complexity index is 1040. The van der Waals surface area contributed by atoms with Crippen LogP contribution in [0, 0.1) is 0 Å². The van der Waals surface area contributed by atoms with Crippen LogP contribution in [0.4, 0.5) is 5.82 Å². The van der Waals surface area contributed by atoms with Crippen LogP contribution in [-0.2, 0) is 16.0 Å². The summed E-state index contributed by atoms with van der Waals surface area (Å²) in [6, 6.07) is 19.0. The number of hydrogen-bond donors (Lipinski definition) is 1. The number of ether oxygens (including phenoxy) is 1. The van der Waals surface area contributed by atoms with Gasteiger partial charge in [-0.05, 0) is 47.7 Å². The highest BCUT2D eigenvalue weighted by Crippen LogP contribution is 2.33. The Morgan fingerprint density at radius 2 is 1.97 bits per heavy atom. The van der Waals surface area contributed by atoms with Gasteiger partial charge in [-0.3, -0.25) is 0 Å². The van der Waals surface area contributed by atoms with Gasteiger partial charge in [0.05, 0.1) is 18.7 Å². The quantitative estimate of drug-likeness (QED) is 0.502. The van der Waals surface area contributed by atoms with Gasteiger partial charge < -0.3 is 14.7 Å². The third kappa shape index (κ3) is 5.05. The molecule has 1 atom stereocenters. The van der Waals surface area contributed by atoms with Gasteiger partial charge in [0.25, 0.3) is 0 Å². The molecule has 31 heavy (non-hydrogen) atoms. The minimum atomic E-state index is -0.929. The number of hydrogen-bond acceptors (Lipinski definition) is 4. The number of aliphatic carboxylic acids is 1. The number of rotatable bonds is 8. The number of aromatic nitrogens is 1. The van der Waals surface area contributed by atoms with E-state index in [4.69, 9.17) is 9.72 Å². The SMILES string of the molecule is CCCCCCc1ccc2nc(N3CCOC(C(=O)O)C3)cc(-c3ccccc3)c2c1. The minimum Gasteiger partial charge on any atom is -0.479 e. The number of fused-ring (bicyclic) bond motifs is 1. The summed E-state index contributed by atoms with van der Waals surface area (Å²) in [5, 5.41) is 10.5. The molecule has 1 aliphatic rings. The molecule has 5 nitrogen and oxygen atoms in total. The van der Waals surface area contributed by atoms with Gasteiger partial charge in [0.15, 0.2) is 6.10 Å². The molecule has 0 radical (unpaired) electrons. The van der Waals surface area contributed by atoms with Crippen molar-refractivity contribution in [2.45, 2.75) is 45.1 Å². The molecule has 4 rings (SSSR count). The van der Waals surface area contributed by atoms with Crippen molar-refractivity contribution >= 4 is 22.7 Å². The molecule has 1 unspecified atom stereocenters. The molecule has 1 N–H and O–H groups in total. The first kappa shape index (κ1) is 21.3. The Balaban J connectivity index is 1.72. The fourth-order valence-electron chi connectivity index (χ4n) is 4.20. The maximum absolute atomic E-state index is 11.4. The molecule has 0 amide bonds. The van der Waals surface area contributed by atoms with Crippen LogP contribution < -0.4 is 4.90 Å². The number of benzene rings is 2. The van der Waals surface area contributed by atoms with E-state index in [9.17, 15) is 9.90 Å². The van der Waals surface area contributed by atoms with E-state index in [2.05, 4.69) is 43.3 Å². The molecule has 1 aliphatic heterocycles. The zero-order valence-corrected chi connectivity index (χ0v) is 18.1. The van der Waals surface area contributed by atoms with Crippen molar-refractivity contribution < 1.29 is 14.6 Å². The lowest BCUT2D eigenvalue weighted by atomic mass is 9.97. The number of carbonyl (C=O) groups is 1. The smallest absolute Gasteiger partial charge is 0.334 e. The average Bonchev–Trinajstić information content (AvgIpc) is 2.81. The van der Waals surface area contributed by atoms with Crippen molar-refractivity contribution in [1.82, 2.24) is 4.98 Å². The molecule has 0 bridgehead atoms. The van der Waals surface area contributed by atoms with E-state index in [0.29, 0.717) is 19.7 Å². The molecule has 1 aromatic heterocycles. The Hall–Kier alpha value is -2.92. The molecular formula is C26H30N2O3. The van der Waals surface area contributed by atoms with Gasteiger partial charge in [-0.25, -0.2) is 9.78 Å². The lowest BCUT2D eigenvalue weighted by Gasteiger charge is -2.32. The second-order valence-electron chi connectivity index (χ2n) is 8.20. The largest absolute Gasteiger partial charge is 0.479 e. The minimum absolute atomic E-state index is 0.303. The van der Waals surface area contributed by atoms with Gasteiger partial charge >= 0.3 is 5.97 Å². The number of unbranched alkanes of at least 4 members (excludes halogenated alkanes) is 3. The highest BCUT2D eigenvalue weighted by atomic mass is 16.5. The molecule has 5 heteroatoms. The summed E-state index contributed by atoms with van der Waals surface area (Å²) < 4.78 is 5.40. The van der Waals surface area contributed by atoms with Crippen molar-refractivity contribution in [2.24, 2.45) is 0 Å². The van der Waals surface area contributed by atoms with Crippen LogP contribution in [0.1, 0.15) is 38.2 Å². The first-order valence-electron chi connectivity index (χ1n) is 11.2. The maximum atomic E-state index is 11.4. The summed E-state index contributed by atoms with van der Waals surface area (Å²) in [5.41, 5.74) is 4.55. The molecular weight excluding hydrogens is 388 g/mol. The van der Waals surface area contributed by atoms with Crippen LogP contribution in [0.25, 0.3) is 22.0 Å². The standard InChI is InChI=1S/C26H30N2O3/c1-2-3-4-6-9-19-12-13-23-22(16-19)21(20-10-7-5-8-11-20)17-25(27-23)28-14-15-31-24(18-28)26(29)30/h5,7-8,10-13,16-17,24H,2-4,6,9,14-15,18H2,1H3,(H,29,30). The molecule has 3 aromatic rings. The first-order chi connectivity index (χ1) is 15.2. The number of nitrogens with zero attached hydrogens (tertiary/aromatic N) is 2. The van der Waals surface area contributed by atoms with Gasteiger partial charge in [0.2, 0.25) is 0 Å². The van der Waals surface area contributed by atoms with E-state index in [-0.39, 0.29) is 0 Å². The molecule has 162 valence electrons. The van der Waals surface area contributed by atoms with Gasteiger partial charge in [0.1, 0.15) is 5.82 Å². The zero-order chi connectivity index (χ0) is 21.6. The number of pyridine rings is 1. The molecule has 0 saturated carbocycles. The molecule has 2 aromatic carbocycles. The normalized spacial score (nSPS) is 16.5. The van der Waals surface area contributed by atoms with Crippen LogP contribution in [0.15, 0.2) is 54.6 Å². The third-order valence-electron chi connectivity index (χ3n) is 5.93. The summed E-state index contributed by atoms with van der Waals surface area (Å²) in [6.07, 6.45) is 5.25. The van der Waals surface area contributed by atoms with Crippen molar-refractivity contribution in [3.05, 3.63) is 60.2 Å². The van der Waals surface area contributed by atoms with Crippen LogP contribution in [0.5, 0.6) is 0 Å². The lowest BCUT2D eigenvalue weighted by molar-refractivity contribution is -0.150.